The topological polar surface area (TPSA) is 95.6 Å². The van der Waals surface area contributed by atoms with Crippen LogP contribution in [0.1, 0.15) is 97.8 Å². The number of imide groups is 1. The average Bonchev–Trinajstić information content (AvgIpc) is 3.07. The normalized spacial score (nSPS) is 36.6. The van der Waals surface area contributed by atoms with Crippen LogP contribution >= 0.6 is 0 Å². The minimum Gasteiger partial charge on any atom is -0.385 e. The molecule has 1 heterocycles. The Kier molecular flexibility index (Phi) is 5.40. The maximum Gasteiger partial charge on any atom is 0.262 e. The van der Waals surface area contributed by atoms with Crippen LogP contribution in [0.3, 0.4) is 0 Å². The van der Waals surface area contributed by atoms with Crippen LogP contribution in [0.5, 0.6) is 0 Å². The number of fused-ring (bicyclic) bond motifs is 1. The summed E-state index contributed by atoms with van der Waals surface area (Å²) in [5.41, 5.74) is 2.83. The summed E-state index contributed by atoms with van der Waals surface area (Å²) in [7, 11) is 0. The van der Waals surface area contributed by atoms with Crippen LogP contribution < -0.4 is 10.6 Å². The molecular weight excluding hydrogens is 466 g/mol. The summed E-state index contributed by atoms with van der Waals surface area (Å²) in [6.07, 6.45) is 12.2. The third kappa shape index (κ3) is 3.22. The van der Waals surface area contributed by atoms with Gasteiger partial charge in [0.15, 0.2) is 5.78 Å². The number of carbonyl (C=O) groups is 4. The van der Waals surface area contributed by atoms with Crippen LogP contribution in [0.2, 0.25) is 0 Å². The number of Topliss-reactive ketones (excluding diaryl/α,β-unsaturated/α-hetero) is 2. The van der Waals surface area contributed by atoms with Gasteiger partial charge in [-0.05, 0) is 92.9 Å². The molecule has 7 heteroatoms. The molecule has 37 heavy (non-hydrogen) atoms. The van der Waals surface area contributed by atoms with Gasteiger partial charge in [0.25, 0.3) is 11.8 Å². The minimum atomic E-state index is -0.819. The summed E-state index contributed by atoms with van der Waals surface area (Å²) < 4.78 is 0. The Morgan fingerprint density at radius 1 is 0.838 bits per heavy atom. The lowest BCUT2D eigenvalue weighted by molar-refractivity contribution is -0.397. The highest BCUT2D eigenvalue weighted by atomic mass is 16.2. The minimum absolute atomic E-state index is 0.121. The number of hydrogen-bond donors (Lipinski definition) is 2. The molecule has 2 N–H and O–H groups in total. The molecule has 3 unspecified atom stereocenters. The fourth-order valence-electron chi connectivity index (χ4n) is 9.36. The van der Waals surface area contributed by atoms with Gasteiger partial charge in [-0.15, -0.1) is 0 Å². The van der Waals surface area contributed by atoms with E-state index in [1.807, 2.05) is 6.07 Å². The molecule has 0 radical (unpaired) electrons. The lowest BCUT2D eigenvalue weighted by Gasteiger charge is -2.91. The molecule has 1 aromatic carbocycles. The van der Waals surface area contributed by atoms with Gasteiger partial charge < -0.3 is 10.6 Å². The molecule has 7 rings (SSSR count). The summed E-state index contributed by atoms with van der Waals surface area (Å²) in [6, 6.07) is 4.41. The Balaban J connectivity index is 0.819. The second-order valence-corrected chi connectivity index (χ2v) is 12.6. The molecular formula is C30H37N3O4. The Labute approximate surface area is 218 Å². The van der Waals surface area contributed by atoms with Crippen molar-refractivity contribution in [1.82, 2.24) is 10.2 Å². The molecule has 0 bridgehead atoms. The molecule has 1 aromatic rings. The van der Waals surface area contributed by atoms with Gasteiger partial charge >= 0.3 is 0 Å². The first-order valence-corrected chi connectivity index (χ1v) is 14.5. The Hall–Kier alpha value is -2.54. The SMILES string of the molecule is O=C1CCC(N2C(=O)c3ccc(NCCCCCCCNC45CC6CC7CC(C4)C765)cc3C2=O)C(=O)C1. The molecule has 2 amide bonds. The van der Waals surface area contributed by atoms with Gasteiger partial charge in [-0.1, -0.05) is 19.3 Å². The monoisotopic (exact) mass is 503 g/mol. The lowest BCUT2D eigenvalue weighted by atomic mass is 9.15. The van der Waals surface area contributed by atoms with Crippen LogP contribution in [-0.2, 0) is 9.59 Å². The molecule has 0 aromatic heterocycles. The van der Waals surface area contributed by atoms with Gasteiger partial charge in [-0.25, -0.2) is 0 Å². The first kappa shape index (κ1) is 23.6. The largest absolute Gasteiger partial charge is 0.385 e. The first-order valence-electron chi connectivity index (χ1n) is 14.5. The number of nitrogens with one attached hydrogen (secondary N) is 2. The predicted octanol–water partition coefficient (Wildman–Crippen LogP) is 4.11. The molecule has 196 valence electrons. The van der Waals surface area contributed by atoms with Gasteiger partial charge in [-0.2, -0.15) is 0 Å². The van der Waals surface area contributed by atoms with Gasteiger partial charge in [-0.3, -0.25) is 24.1 Å². The van der Waals surface area contributed by atoms with E-state index in [0.717, 1.165) is 46.7 Å². The van der Waals surface area contributed by atoms with Crippen LogP contribution in [0.25, 0.3) is 0 Å². The van der Waals surface area contributed by atoms with Crippen LogP contribution in [0, 0.1) is 23.2 Å². The number of hydrogen-bond acceptors (Lipinski definition) is 6. The van der Waals surface area contributed by atoms with E-state index in [1.54, 1.807) is 12.1 Å². The maximum atomic E-state index is 13.0. The molecule has 5 fully saturated rings. The van der Waals surface area contributed by atoms with Crippen molar-refractivity contribution in [2.24, 2.45) is 23.2 Å². The third-order valence-corrected chi connectivity index (χ3v) is 11.0. The standard InChI is InChI=1S/C30H37N3O4/c34-22-7-9-25(26(35)15-22)33-27(36)23-8-6-21(14-24(23)28(33)37)31-10-4-2-1-3-5-11-32-29-16-19-12-18-13-20(17-29)30(18,19)29/h6,8,14,18-20,25,31-32H,1-5,7,9-13,15-17H2. The van der Waals surface area contributed by atoms with Crippen molar-refractivity contribution < 1.29 is 19.2 Å². The maximum absolute atomic E-state index is 13.0. The second kappa shape index (κ2) is 8.48. The van der Waals surface area contributed by atoms with Gasteiger partial charge in [0.05, 0.1) is 23.6 Å². The van der Waals surface area contributed by atoms with E-state index in [4.69, 9.17) is 0 Å². The fourth-order valence-corrected chi connectivity index (χ4v) is 9.36. The number of anilines is 1. The highest BCUT2D eigenvalue weighted by Gasteiger charge is 2.87. The van der Waals surface area contributed by atoms with Crippen molar-refractivity contribution in [1.29, 1.82) is 0 Å². The zero-order chi connectivity index (χ0) is 25.4. The van der Waals surface area contributed by atoms with E-state index in [2.05, 4.69) is 10.6 Å². The number of nitrogens with zero attached hydrogens (tertiary/aromatic N) is 1. The van der Waals surface area contributed by atoms with Crippen LogP contribution in [0.4, 0.5) is 5.69 Å². The number of ketones is 2. The number of amides is 2. The van der Waals surface area contributed by atoms with E-state index in [-0.39, 0.29) is 30.8 Å². The van der Waals surface area contributed by atoms with Crippen molar-refractivity contribution in [2.75, 3.05) is 18.4 Å². The first-order chi connectivity index (χ1) is 17.9. The molecule has 0 saturated heterocycles. The number of benzene rings is 1. The Morgan fingerprint density at radius 2 is 1.54 bits per heavy atom. The highest BCUT2D eigenvalue weighted by molar-refractivity contribution is 6.24. The third-order valence-electron chi connectivity index (χ3n) is 11.0. The van der Waals surface area contributed by atoms with Gasteiger partial charge in [0.1, 0.15) is 5.78 Å². The van der Waals surface area contributed by atoms with Crippen molar-refractivity contribution >= 4 is 29.1 Å². The van der Waals surface area contributed by atoms with E-state index in [0.29, 0.717) is 16.7 Å². The molecule has 5 saturated carbocycles. The summed E-state index contributed by atoms with van der Waals surface area (Å²) in [5, 5.41) is 7.38. The molecule has 1 aliphatic heterocycles. The zero-order valence-electron chi connectivity index (χ0n) is 21.5. The molecule has 1 spiro atoms. The molecule has 5 aliphatic carbocycles. The summed E-state index contributed by atoms with van der Waals surface area (Å²) >= 11 is 0. The van der Waals surface area contributed by atoms with E-state index in [9.17, 15) is 19.2 Å². The quantitative estimate of drug-likeness (QED) is 0.268. The van der Waals surface area contributed by atoms with Gasteiger partial charge in [0, 0.05) is 24.2 Å². The fraction of sp³-hybridized carbons (Fsp3) is 0.667. The van der Waals surface area contributed by atoms with E-state index in [1.165, 1.54) is 57.9 Å². The Morgan fingerprint density at radius 3 is 2.24 bits per heavy atom. The van der Waals surface area contributed by atoms with Gasteiger partial charge in [0.2, 0.25) is 0 Å². The predicted molar refractivity (Wildman–Crippen MR) is 138 cm³/mol. The second-order valence-electron chi connectivity index (χ2n) is 12.6. The average molecular weight is 504 g/mol. The summed E-state index contributed by atoms with van der Waals surface area (Å²) in [4.78, 5) is 50.8. The summed E-state index contributed by atoms with van der Waals surface area (Å²) in [5.74, 6) is 1.90. The summed E-state index contributed by atoms with van der Waals surface area (Å²) in [6.45, 7) is 2.00. The molecule has 6 aliphatic rings. The van der Waals surface area contributed by atoms with Crippen molar-refractivity contribution in [3.8, 4) is 0 Å². The highest BCUT2D eigenvalue weighted by Crippen LogP contribution is 2.89. The van der Waals surface area contributed by atoms with Crippen molar-refractivity contribution in [2.45, 2.75) is 88.6 Å². The van der Waals surface area contributed by atoms with E-state index < -0.39 is 17.9 Å². The number of carbonyl (C=O) groups excluding carboxylic acids is 4. The Bertz CT molecular complexity index is 1170. The molecule has 3 atom stereocenters. The van der Waals surface area contributed by atoms with Crippen LogP contribution in [-0.4, -0.2) is 53.0 Å². The lowest BCUT2D eigenvalue weighted by Crippen LogP contribution is -2.92. The number of rotatable bonds is 11. The van der Waals surface area contributed by atoms with Crippen molar-refractivity contribution in [3.63, 3.8) is 0 Å². The van der Waals surface area contributed by atoms with Crippen LogP contribution in [0.15, 0.2) is 18.2 Å². The number of unbranched alkanes of at least 4 members (excludes halogenated alkanes) is 4. The van der Waals surface area contributed by atoms with E-state index >= 15 is 0 Å². The van der Waals surface area contributed by atoms with Crippen molar-refractivity contribution in [3.05, 3.63) is 29.3 Å². The molecule has 7 nitrogen and oxygen atoms in total. The zero-order valence-corrected chi connectivity index (χ0v) is 21.5. The smallest absolute Gasteiger partial charge is 0.262 e.